The number of aromatic nitrogens is 3. The second-order valence-corrected chi connectivity index (χ2v) is 6.56. The van der Waals surface area contributed by atoms with Crippen LogP contribution in [0.25, 0.3) is 22.6 Å². The largest absolute Gasteiger partial charge is 0.573 e. The van der Waals surface area contributed by atoms with Crippen LogP contribution < -0.4 is 10.3 Å². The first-order valence-electron chi connectivity index (χ1n) is 8.64. The normalized spacial score (nSPS) is 14.0. The van der Waals surface area contributed by atoms with Gasteiger partial charge in [0.05, 0.1) is 0 Å². The SMILES string of the molecule is O=C(O)c1c(-c2ccc(=O)[nH]c2)nc(-c2cccc(OC(F)(F)F)c2)n1C1CC1. The Morgan fingerprint density at radius 1 is 1.21 bits per heavy atom. The van der Waals surface area contributed by atoms with E-state index < -0.39 is 18.1 Å². The Kier molecular flexibility index (Phi) is 4.40. The van der Waals surface area contributed by atoms with E-state index in [0.717, 1.165) is 25.0 Å². The van der Waals surface area contributed by atoms with E-state index in [1.165, 1.54) is 35.0 Å². The van der Waals surface area contributed by atoms with Crippen LogP contribution in [0.2, 0.25) is 0 Å². The molecule has 0 unspecified atom stereocenters. The van der Waals surface area contributed by atoms with Crippen LogP contribution in [-0.4, -0.2) is 32.0 Å². The number of aromatic carboxylic acids is 1. The van der Waals surface area contributed by atoms with Crippen LogP contribution in [0.5, 0.6) is 5.75 Å². The summed E-state index contributed by atoms with van der Waals surface area (Å²) in [6, 6.07) is 7.80. The summed E-state index contributed by atoms with van der Waals surface area (Å²) in [5.41, 5.74) is 0.348. The van der Waals surface area contributed by atoms with E-state index in [1.54, 1.807) is 0 Å². The standard InChI is InChI=1S/C19H14F3N3O4/c20-19(21,22)29-13-3-1-2-10(8-13)17-24-15(11-4-7-14(26)23-9-11)16(18(27)28)25(17)12-5-6-12/h1-4,7-9,12H,5-6H2,(H,23,26)(H,27,28). The molecule has 150 valence electrons. The second-order valence-electron chi connectivity index (χ2n) is 6.56. The summed E-state index contributed by atoms with van der Waals surface area (Å²) in [4.78, 5) is 30.2. The molecule has 0 spiro atoms. The van der Waals surface area contributed by atoms with Crippen molar-refractivity contribution in [1.29, 1.82) is 0 Å². The van der Waals surface area contributed by atoms with E-state index >= 15 is 0 Å². The topological polar surface area (TPSA) is 97.2 Å². The van der Waals surface area contributed by atoms with Gasteiger partial charge in [0, 0.05) is 29.4 Å². The summed E-state index contributed by atoms with van der Waals surface area (Å²) in [7, 11) is 0. The molecule has 10 heteroatoms. The number of H-pyrrole nitrogens is 1. The molecular formula is C19H14F3N3O4. The fourth-order valence-electron chi connectivity index (χ4n) is 3.12. The van der Waals surface area contributed by atoms with Crippen molar-refractivity contribution in [2.75, 3.05) is 0 Å². The van der Waals surface area contributed by atoms with E-state index in [0.29, 0.717) is 5.56 Å². The highest BCUT2D eigenvalue weighted by Gasteiger charge is 2.35. The zero-order chi connectivity index (χ0) is 20.8. The summed E-state index contributed by atoms with van der Waals surface area (Å²) in [5.74, 6) is -1.43. The molecule has 1 aliphatic rings. The average molecular weight is 405 g/mol. The molecule has 0 saturated heterocycles. The minimum Gasteiger partial charge on any atom is -0.477 e. The van der Waals surface area contributed by atoms with Gasteiger partial charge in [-0.3, -0.25) is 4.79 Å². The minimum atomic E-state index is -4.85. The Hall–Kier alpha value is -3.56. The third-order valence-electron chi connectivity index (χ3n) is 4.41. The van der Waals surface area contributed by atoms with Crippen molar-refractivity contribution in [3.05, 3.63) is 58.6 Å². The number of carbonyl (C=O) groups is 1. The number of carboxylic acids is 1. The molecule has 0 atom stereocenters. The minimum absolute atomic E-state index is 0.0864. The summed E-state index contributed by atoms with van der Waals surface area (Å²) in [6.07, 6.45) is -2.04. The van der Waals surface area contributed by atoms with Gasteiger partial charge in [-0.15, -0.1) is 13.2 Å². The van der Waals surface area contributed by atoms with Crippen LogP contribution in [0.1, 0.15) is 29.4 Å². The van der Waals surface area contributed by atoms with Crippen molar-refractivity contribution < 1.29 is 27.8 Å². The number of imidazole rings is 1. The first kappa shape index (κ1) is 18.8. The Labute approximate surface area is 161 Å². The molecule has 1 aromatic carbocycles. The van der Waals surface area contributed by atoms with Gasteiger partial charge in [-0.05, 0) is 31.0 Å². The number of rotatable bonds is 5. The van der Waals surface area contributed by atoms with E-state index in [1.807, 2.05) is 0 Å². The Balaban J connectivity index is 1.89. The number of hydrogen-bond donors (Lipinski definition) is 2. The van der Waals surface area contributed by atoms with Crippen molar-refractivity contribution in [2.45, 2.75) is 25.2 Å². The highest BCUT2D eigenvalue weighted by Crippen LogP contribution is 2.42. The molecule has 2 aromatic heterocycles. The number of nitrogens with one attached hydrogen (secondary N) is 1. The highest BCUT2D eigenvalue weighted by atomic mass is 19.4. The summed E-state index contributed by atoms with van der Waals surface area (Å²) in [6.45, 7) is 0. The van der Waals surface area contributed by atoms with Crippen molar-refractivity contribution in [3.8, 4) is 28.4 Å². The monoisotopic (exact) mass is 405 g/mol. The fraction of sp³-hybridized carbons (Fsp3) is 0.211. The highest BCUT2D eigenvalue weighted by molar-refractivity contribution is 5.94. The van der Waals surface area contributed by atoms with E-state index in [-0.39, 0.29) is 34.4 Å². The fourth-order valence-corrected chi connectivity index (χ4v) is 3.12. The molecule has 0 radical (unpaired) electrons. The lowest BCUT2D eigenvalue weighted by Crippen LogP contribution is -2.17. The number of hydrogen-bond acceptors (Lipinski definition) is 4. The van der Waals surface area contributed by atoms with Gasteiger partial charge in [0.2, 0.25) is 5.56 Å². The number of carboxylic acid groups (broad SMARTS) is 1. The lowest BCUT2D eigenvalue weighted by atomic mass is 10.1. The van der Waals surface area contributed by atoms with E-state index in [9.17, 15) is 27.9 Å². The van der Waals surface area contributed by atoms with Crippen LogP contribution in [0, 0.1) is 0 Å². The van der Waals surface area contributed by atoms with Gasteiger partial charge >= 0.3 is 12.3 Å². The Bertz CT molecular complexity index is 1130. The molecule has 1 aliphatic carbocycles. The molecule has 3 aromatic rings. The lowest BCUT2D eigenvalue weighted by molar-refractivity contribution is -0.274. The van der Waals surface area contributed by atoms with Crippen molar-refractivity contribution >= 4 is 5.97 Å². The van der Waals surface area contributed by atoms with Crippen LogP contribution in [-0.2, 0) is 0 Å². The molecule has 4 rings (SSSR count). The maximum atomic E-state index is 12.6. The number of nitrogens with zero attached hydrogens (tertiary/aromatic N) is 2. The zero-order valence-corrected chi connectivity index (χ0v) is 14.7. The van der Waals surface area contributed by atoms with Gasteiger partial charge in [0.25, 0.3) is 0 Å². The summed E-state index contributed by atoms with van der Waals surface area (Å²) < 4.78 is 43.2. The molecule has 0 bridgehead atoms. The molecule has 29 heavy (non-hydrogen) atoms. The van der Waals surface area contributed by atoms with E-state index in [4.69, 9.17) is 0 Å². The molecule has 7 nitrogen and oxygen atoms in total. The predicted octanol–water partition coefficient (Wildman–Crippen LogP) is 3.84. The van der Waals surface area contributed by atoms with Gasteiger partial charge in [0.15, 0.2) is 5.69 Å². The lowest BCUT2D eigenvalue weighted by Gasteiger charge is -2.12. The van der Waals surface area contributed by atoms with Crippen LogP contribution >= 0.6 is 0 Å². The van der Waals surface area contributed by atoms with Crippen LogP contribution in [0.3, 0.4) is 0 Å². The molecule has 0 amide bonds. The van der Waals surface area contributed by atoms with Crippen LogP contribution in [0.15, 0.2) is 47.4 Å². The van der Waals surface area contributed by atoms with Gasteiger partial charge in [0.1, 0.15) is 17.3 Å². The molecular weight excluding hydrogens is 391 g/mol. The molecule has 2 N–H and O–H groups in total. The molecule has 1 fully saturated rings. The van der Waals surface area contributed by atoms with Crippen LogP contribution in [0.4, 0.5) is 13.2 Å². The Morgan fingerprint density at radius 2 is 1.97 bits per heavy atom. The number of pyridine rings is 1. The van der Waals surface area contributed by atoms with Crippen molar-refractivity contribution in [2.24, 2.45) is 0 Å². The van der Waals surface area contributed by atoms with Gasteiger partial charge in [-0.2, -0.15) is 0 Å². The number of alkyl halides is 3. The molecule has 0 aliphatic heterocycles. The van der Waals surface area contributed by atoms with E-state index in [2.05, 4.69) is 14.7 Å². The third-order valence-corrected chi connectivity index (χ3v) is 4.41. The first-order chi connectivity index (χ1) is 13.7. The van der Waals surface area contributed by atoms with Gasteiger partial charge < -0.3 is 19.4 Å². The zero-order valence-electron chi connectivity index (χ0n) is 14.7. The molecule has 2 heterocycles. The van der Waals surface area contributed by atoms with Gasteiger partial charge in [-0.1, -0.05) is 12.1 Å². The maximum absolute atomic E-state index is 12.6. The Morgan fingerprint density at radius 3 is 2.55 bits per heavy atom. The van der Waals surface area contributed by atoms with Crippen molar-refractivity contribution in [3.63, 3.8) is 0 Å². The maximum Gasteiger partial charge on any atom is 0.573 e. The number of benzene rings is 1. The average Bonchev–Trinajstić information content (AvgIpc) is 3.40. The number of ether oxygens (including phenoxy) is 1. The summed E-state index contributed by atoms with van der Waals surface area (Å²) in [5, 5.41) is 9.80. The number of aromatic amines is 1. The first-order valence-corrected chi connectivity index (χ1v) is 8.64. The van der Waals surface area contributed by atoms with Gasteiger partial charge in [-0.25, -0.2) is 9.78 Å². The third kappa shape index (κ3) is 3.86. The number of halogens is 3. The molecule has 1 saturated carbocycles. The quantitative estimate of drug-likeness (QED) is 0.672. The predicted molar refractivity (Wildman–Crippen MR) is 95.6 cm³/mol. The second kappa shape index (κ2) is 6.80. The smallest absolute Gasteiger partial charge is 0.477 e. The summed E-state index contributed by atoms with van der Waals surface area (Å²) >= 11 is 0. The van der Waals surface area contributed by atoms with Crippen molar-refractivity contribution in [1.82, 2.24) is 14.5 Å².